The van der Waals surface area contributed by atoms with Crippen molar-refractivity contribution in [3.05, 3.63) is 60.2 Å². The fourth-order valence-corrected chi connectivity index (χ4v) is 1.94. The first-order valence-corrected chi connectivity index (χ1v) is 6.36. The van der Waals surface area contributed by atoms with Crippen LogP contribution in [0.2, 0.25) is 0 Å². The summed E-state index contributed by atoms with van der Waals surface area (Å²) >= 11 is 0. The highest BCUT2D eigenvalue weighted by Crippen LogP contribution is 2.20. The van der Waals surface area contributed by atoms with Gasteiger partial charge in [0.05, 0.1) is 0 Å². The average molecular weight is 262 g/mol. The molecule has 0 aliphatic rings. The minimum atomic E-state index is 0.231. The van der Waals surface area contributed by atoms with Crippen molar-refractivity contribution in [1.82, 2.24) is 15.0 Å². The van der Waals surface area contributed by atoms with Gasteiger partial charge >= 0.3 is 0 Å². The maximum absolute atomic E-state index is 5.80. The van der Waals surface area contributed by atoms with E-state index in [1.54, 1.807) is 0 Å². The summed E-state index contributed by atoms with van der Waals surface area (Å²) in [6, 6.07) is 17.8. The zero-order chi connectivity index (χ0) is 13.9. The molecule has 0 aliphatic heterocycles. The number of nitrogens with two attached hydrogens (primary N) is 1. The predicted octanol–water partition coefficient (Wildman–Crippen LogP) is 3.10. The van der Waals surface area contributed by atoms with Crippen molar-refractivity contribution < 1.29 is 0 Å². The van der Waals surface area contributed by atoms with Gasteiger partial charge in [-0.1, -0.05) is 60.2 Å². The highest BCUT2D eigenvalue weighted by atomic mass is 15.1. The Hall–Kier alpha value is -2.75. The molecule has 0 aliphatic carbocycles. The van der Waals surface area contributed by atoms with Gasteiger partial charge in [-0.25, -0.2) is 4.98 Å². The summed E-state index contributed by atoms with van der Waals surface area (Å²) in [5.41, 5.74) is 8.85. The van der Waals surface area contributed by atoms with Crippen LogP contribution in [0.3, 0.4) is 0 Å². The molecule has 2 aromatic carbocycles. The molecule has 0 atom stereocenters. The van der Waals surface area contributed by atoms with Gasteiger partial charge in [-0.3, -0.25) is 0 Å². The number of hydrogen-bond acceptors (Lipinski definition) is 4. The van der Waals surface area contributed by atoms with Crippen LogP contribution >= 0.6 is 0 Å². The second-order valence-electron chi connectivity index (χ2n) is 4.57. The largest absolute Gasteiger partial charge is 0.368 e. The van der Waals surface area contributed by atoms with Gasteiger partial charge in [0, 0.05) is 11.1 Å². The van der Waals surface area contributed by atoms with Gasteiger partial charge < -0.3 is 5.73 Å². The predicted molar refractivity (Wildman–Crippen MR) is 79.8 cm³/mol. The monoisotopic (exact) mass is 262 g/mol. The van der Waals surface area contributed by atoms with Crippen LogP contribution < -0.4 is 5.73 Å². The summed E-state index contributed by atoms with van der Waals surface area (Å²) in [4.78, 5) is 12.9. The molecular weight excluding hydrogens is 248 g/mol. The number of benzene rings is 2. The van der Waals surface area contributed by atoms with Crippen LogP contribution in [0.1, 0.15) is 5.56 Å². The minimum Gasteiger partial charge on any atom is -0.368 e. The van der Waals surface area contributed by atoms with E-state index in [1.807, 2.05) is 61.5 Å². The molecule has 0 spiro atoms. The zero-order valence-corrected chi connectivity index (χ0v) is 11.1. The second-order valence-corrected chi connectivity index (χ2v) is 4.57. The second kappa shape index (κ2) is 5.09. The summed E-state index contributed by atoms with van der Waals surface area (Å²) in [5, 5.41) is 0. The molecule has 0 bridgehead atoms. The molecule has 0 amide bonds. The molecule has 2 N–H and O–H groups in total. The maximum Gasteiger partial charge on any atom is 0.224 e. The Morgan fingerprint density at radius 1 is 0.700 bits per heavy atom. The number of rotatable bonds is 2. The van der Waals surface area contributed by atoms with E-state index in [2.05, 4.69) is 15.0 Å². The first-order valence-electron chi connectivity index (χ1n) is 6.36. The van der Waals surface area contributed by atoms with E-state index < -0.39 is 0 Å². The lowest BCUT2D eigenvalue weighted by molar-refractivity contribution is 1.08. The Bertz CT molecular complexity index is 721. The van der Waals surface area contributed by atoms with E-state index in [1.165, 1.54) is 5.56 Å². The van der Waals surface area contributed by atoms with E-state index in [0.29, 0.717) is 11.6 Å². The molecule has 0 fully saturated rings. The lowest BCUT2D eigenvalue weighted by Gasteiger charge is -2.05. The number of nitrogen functional groups attached to an aromatic ring is 1. The van der Waals surface area contributed by atoms with Gasteiger partial charge in [0.2, 0.25) is 5.95 Å². The van der Waals surface area contributed by atoms with E-state index >= 15 is 0 Å². The van der Waals surface area contributed by atoms with Gasteiger partial charge in [-0.2, -0.15) is 9.97 Å². The van der Waals surface area contributed by atoms with Crippen molar-refractivity contribution in [2.75, 3.05) is 5.73 Å². The van der Waals surface area contributed by atoms with Gasteiger partial charge in [0.15, 0.2) is 11.6 Å². The van der Waals surface area contributed by atoms with Crippen LogP contribution in [0.4, 0.5) is 5.95 Å². The Morgan fingerprint density at radius 3 is 1.85 bits per heavy atom. The summed E-state index contributed by atoms with van der Waals surface area (Å²) in [6.07, 6.45) is 0. The Kier molecular flexibility index (Phi) is 3.13. The molecular formula is C16H14N4. The first-order chi connectivity index (χ1) is 9.72. The van der Waals surface area contributed by atoms with Crippen LogP contribution in [0.5, 0.6) is 0 Å². The number of nitrogens with zero attached hydrogens (tertiary/aromatic N) is 3. The standard InChI is InChI=1S/C16H14N4/c1-11-7-9-13(10-8-11)15-18-14(19-16(17)20-15)12-5-3-2-4-6-12/h2-10H,1H3,(H2,17,18,19,20). The van der Waals surface area contributed by atoms with Gasteiger partial charge in [0.25, 0.3) is 0 Å². The third-order valence-electron chi connectivity index (χ3n) is 2.99. The van der Waals surface area contributed by atoms with E-state index in [9.17, 15) is 0 Å². The lowest BCUT2D eigenvalue weighted by Crippen LogP contribution is -2.02. The lowest BCUT2D eigenvalue weighted by atomic mass is 10.1. The molecule has 1 heterocycles. The van der Waals surface area contributed by atoms with Crippen molar-refractivity contribution in [3.63, 3.8) is 0 Å². The van der Waals surface area contributed by atoms with Crippen molar-refractivity contribution in [1.29, 1.82) is 0 Å². The zero-order valence-electron chi connectivity index (χ0n) is 11.1. The average Bonchev–Trinajstić information content (AvgIpc) is 2.48. The van der Waals surface area contributed by atoms with Crippen molar-refractivity contribution in [3.8, 4) is 22.8 Å². The molecule has 3 aromatic rings. The molecule has 3 rings (SSSR count). The summed E-state index contributed by atoms with van der Waals surface area (Å²) < 4.78 is 0. The van der Waals surface area contributed by atoms with E-state index in [-0.39, 0.29) is 5.95 Å². The van der Waals surface area contributed by atoms with Gasteiger partial charge in [0.1, 0.15) is 0 Å². The highest BCUT2D eigenvalue weighted by molar-refractivity contribution is 5.62. The number of aryl methyl sites for hydroxylation is 1. The SMILES string of the molecule is Cc1ccc(-c2nc(N)nc(-c3ccccc3)n2)cc1. The fraction of sp³-hybridized carbons (Fsp3) is 0.0625. The number of aromatic nitrogens is 3. The number of anilines is 1. The Morgan fingerprint density at radius 2 is 1.25 bits per heavy atom. The summed E-state index contributed by atoms with van der Waals surface area (Å²) in [5.74, 6) is 1.42. The van der Waals surface area contributed by atoms with Crippen molar-refractivity contribution in [2.45, 2.75) is 6.92 Å². The maximum atomic E-state index is 5.80. The van der Waals surface area contributed by atoms with Crippen LogP contribution in [0.25, 0.3) is 22.8 Å². The first kappa shape index (κ1) is 12.3. The number of hydrogen-bond donors (Lipinski definition) is 1. The van der Waals surface area contributed by atoms with Crippen LogP contribution in [0.15, 0.2) is 54.6 Å². The molecule has 4 nitrogen and oxygen atoms in total. The molecule has 0 radical (unpaired) electrons. The molecule has 0 saturated heterocycles. The molecule has 20 heavy (non-hydrogen) atoms. The highest BCUT2D eigenvalue weighted by Gasteiger charge is 2.08. The quantitative estimate of drug-likeness (QED) is 0.770. The van der Waals surface area contributed by atoms with Crippen LogP contribution in [-0.4, -0.2) is 15.0 Å². The van der Waals surface area contributed by atoms with Crippen molar-refractivity contribution >= 4 is 5.95 Å². The molecule has 0 saturated carbocycles. The molecule has 98 valence electrons. The normalized spacial score (nSPS) is 10.4. The fourth-order valence-electron chi connectivity index (χ4n) is 1.94. The third-order valence-corrected chi connectivity index (χ3v) is 2.99. The topological polar surface area (TPSA) is 64.7 Å². The van der Waals surface area contributed by atoms with Gasteiger partial charge in [-0.15, -0.1) is 0 Å². The summed E-state index contributed by atoms with van der Waals surface area (Å²) in [6.45, 7) is 2.04. The van der Waals surface area contributed by atoms with Crippen LogP contribution in [-0.2, 0) is 0 Å². The van der Waals surface area contributed by atoms with Crippen LogP contribution in [0, 0.1) is 6.92 Å². The molecule has 0 unspecified atom stereocenters. The smallest absolute Gasteiger partial charge is 0.224 e. The van der Waals surface area contributed by atoms with E-state index in [0.717, 1.165) is 11.1 Å². The molecule has 4 heteroatoms. The summed E-state index contributed by atoms with van der Waals surface area (Å²) in [7, 11) is 0. The third kappa shape index (κ3) is 2.49. The van der Waals surface area contributed by atoms with E-state index in [4.69, 9.17) is 5.73 Å². The van der Waals surface area contributed by atoms with Gasteiger partial charge in [-0.05, 0) is 6.92 Å². The van der Waals surface area contributed by atoms with Crippen molar-refractivity contribution in [2.24, 2.45) is 0 Å². The molecule has 1 aromatic heterocycles. The Labute approximate surface area is 117 Å². The minimum absolute atomic E-state index is 0.231. The Balaban J connectivity index is 2.09.